The minimum atomic E-state index is -0.0602. The van der Waals surface area contributed by atoms with Crippen molar-refractivity contribution < 1.29 is 14.3 Å². The monoisotopic (exact) mass is 294 g/mol. The number of aromatic nitrogens is 2. The minimum absolute atomic E-state index is 0.00206. The molecule has 1 amide bonds. The Balaban J connectivity index is 2.01. The summed E-state index contributed by atoms with van der Waals surface area (Å²) in [7, 11) is 5.32. The molecule has 1 aromatic rings. The van der Waals surface area contributed by atoms with Gasteiger partial charge in [0.15, 0.2) is 5.82 Å². The van der Waals surface area contributed by atoms with Gasteiger partial charge in [0.05, 0.1) is 6.54 Å². The molecule has 0 aliphatic carbocycles. The van der Waals surface area contributed by atoms with Crippen LogP contribution in [0.2, 0.25) is 0 Å². The normalized spacial score (nSPS) is 18.4. The molecule has 1 unspecified atom stereocenters. The van der Waals surface area contributed by atoms with Crippen LogP contribution in [-0.4, -0.2) is 67.8 Å². The molecule has 1 aromatic heterocycles. The highest BCUT2D eigenvalue weighted by molar-refractivity contribution is 5.77. The zero-order valence-corrected chi connectivity index (χ0v) is 12.8. The molecule has 0 aromatic carbocycles. The van der Waals surface area contributed by atoms with Crippen molar-refractivity contribution >= 4 is 11.7 Å². The average molecular weight is 294 g/mol. The fourth-order valence-electron chi connectivity index (χ4n) is 2.34. The van der Waals surface area contributed by atoms with Crippen molar-refractivity contribution in [2.75, 3.05) is 45.8 Å². The van der Waals surface area contributed by atoms with E-state index in [2.05, 4.69) is 9.97 Å². The zero-order chi connectivity index (χ0) is 15.2. The highest BCUT2D eigenvalue weighted by Gasteiger charge is 2.26. The van der Waals surface area contributed by atoms with E-state index < -0.39 is 0 Å². The van der Waals surface area contributed by atoms with E-state index in [0.717, 1.165) is 19.4 Å². The van der Waals surface area contributed by atoms with Gasteiger partial charge in [-0.25, -0.2) is 9.97 Å². The number of carbonyl (C=O) groups is 1. The number of hydrogen-bond donors (Lipinski definition) is 0. The summed E-state index contributed by atoms with van der Waals surface area (Å²) in [5.74, 6) is 1.20. The summed E-state index contributed by atoms with van der Waals surface area (Å²) < 4.78 is 10.9. The molecular formula is C14H22N4O3. The lowest BCUT2D eigenvalue weighted by molar-refractivity contribution is -0.137. The number of ether oxygens (including phenoxy) is 2. The van der Waals surface area contributed by atoms with Gasteiger partial charge in [0.1, 0.15) is 12.7 Å². The van der Waals surface area contributed by atoms with Crippen LogP contribution in [0, 0.1) is 0 Å². The van der Waals surface area contributed by atoms with E-state index in [4.69, 9.17) is 9.47 Å². The predicted molar refractivity (Wildman–Crippen MR) is 78.5 cm³/mol. The molecule has 1 aliphatic heterocycles. The number of amides is 1. The Morgan fingerprint density at radius 2 is 2.19 bits per heavy atom. The smallest absolute Gasteiger partial charge is 0.257 e. The number of likely N-dealkylation sites (tertiary alicyclic amines) is 1. The molecule has 2 rings (SSSR count). The van der Waals surface area contributed by atoms with Crippen LogP contribution in [0.1, 0.15) is 12.8 Å². The van der Waals surface area contributed by atoms with Gasteiger partial charge >= 0.3 is 0 Å². The molecule has 0 spiro atoms. The summed E-state index contributed by atoms with van der Waals surface area (Å²) in [5.41, 5.74) is 0. The Morgan fingerprint density at radius 1 is 1.43 bits per heavy atom. The van der Waals surface area contributed by atoms with Crippen LogP contribution in [0.3, 0.4) is 0 Å². The fraction of sp³-hybridized carbons (Fsp3) is 0.643. The first-order valence-electron chi connectivity index (χ1n) is 7.03. The highest BCUT2D eigenvalue weighted by Crippen LogP contribution is 2.24. The third kappa shape index (κ3) is 4.04. The average Bonchev–Trinajstić information content (AvgIpc) is 2.48. The number of anilines is 1. The van der Waals surface area contributed by atoms with Crippen molar-refractivity contribution in [3.05, 3.63) is 12.4 Å². The topological polar surface area (TPSA) is 67.8 Å². The van der Waals surface area contributed by atoms with E-state index in [9.17, 15) is 4.79 Å². The van der Waals surface area contributed by atoms with Gasteiger partial charge < -0.3 is 19.3 Å². The Labute approximate surface area is 124 Å². The molecule has 7 nitrogen and oxygen atoms in total. The van der Waals surface area contributed by atoms with Gasteiger partial charge in [-0.2, -0.15) is 0 Å². The van der Waals surface area contributed by atoms with Crippen molar-refractivity contribution in [3.8, 4) is 5.88 Å². The lowest BCUT2D eigenvalue weighted by atomic mass is 10.1. The Morgan fingerprint density at radius 3 is 2.90 bits per heavy atom. The summed E-state index contributed by atoms with van der Waals surface area (Å²) >= 11 is 0. The summed E-state index contributed by atoms with van der Waals surface area (Å²) in [4.78, 5) is 24.0. The van der Waals surface area contributed by atoms with Crippen LogP contribution in [0.25, 0.3) is 0 Å². The fourth-order valence-corrected chi connectivity index (χ4v) is 2.34. The van der Waals surface area contributed by atoms with Gasteiger partial charge in [-0.15, -0.1) is 0 Å². The molecule has 0 bridgehead atoms. The van der Waals surface area contributed by atoms with Crippen LogP contribution in [0.5, 0.6) is 5.88 Å². The van der Waals surface area contributed by atoms with Gasteiger partial charge in [-0.3, -0.25) is 4.79 Å². The van der Waals surface area contributed by atoms with Crippen LogP contribution in [-0.2, 0) is 9.53 Å². The van der Waals surface area contributed by atoms with Gasteiger partial charge in [-0.05, 0) is 12.8 Å². The molecule has 0 saturated carbocycles. The maximum Gasteiger partial charge on any atom is 0.257 e. The van der Waals surface area contributed by atoms with Crippen LogP contribution >= 0.6 is 0 Å². The van der Waals surface area contributed by atoms with E-state index in [1.165, 1.54) is 7.11 Å². The number of piperidine rings is 1. The van der Waals surface area contributed by atoms with Crippen molar-refractivity contribution in [1.29, 1.82) is 0 Å². The molecule has 2 heterocycles. The lowest BCUT2D eigenvalue weighted by Crippen LogP contribution is -2.45. The van der Waals surface area contributed by atoms with Gasteiger partial charge in [0.25, 0.3) is 5.88 Å². The summed E-state index contributed by atoms with van der Waals surface area (Å²) in [5, 5.41) is 0. The van der Waals surface area contributed by atoms with Crippen molar-refractivity contribution in [2.45, 2.75) is 18.9 Å². The third-order valence-electron chi connectivity index (χ3n) is 3.35. The quantitative estimate of drug-likeness (QED) is 0.790. The molecule has 7 heteroatoms. The molecular weight excluding hydrogens is 272 g/mol. The summed E-state index contributed by atoms with van der Waals surface area (Å²) in [6.07, 6.45) is 5.00. The van der Waals surface area contributed by atoms with E-state index >= 15 is 0 Å². The van der Waals surface area contributed by atoms with Crippen LogP contribution in [0.4, 0.5) is 5.82 Å². The number of hydrogen-bond acceptors (Lipinski definition) is 6. The van der Waals surface area contributed by atoms with Crippen molar-refractivity contribution in [1.82, 2.24) is 14.9 Å². The Kier molecular flexibility index (Phi) is 5.32. The first-order chi connectivity index (χ1) is 10.1. The molecule has 1 saturated heterocycles. The molecule has 0 N–H and O–H groups in total. The second-order valence-electron chi connectivity index (χ2n) is 5.23. The first-order valence-corrected chi connectivity index (χ1v) is 7.03. The van der Waals surface area contributed by atoms with E-state index in [1.54, 1.807) is 17.3 Å². The summed E-state index contributed by atoms with van der Waals surface area (Å²) in [6, 6.07) is 0. The number of methoxy groups -OCH3 is 1. The molecule has 1 fully saturated rings. The van der Waals surface area contributed by atoms with Gasteiger partial charge in [-0.1, -0.05) is 0 Å². The number of rotatable bonds is 5. The molecule has 116 valence electrons. The van der Waals surface area contributed by atoms with Gasteiger partial charge in [0.2, 0.25) is 5.91 Å². The second kappa shape index (κ2) is 7.21. The lowest BCUT2D eigenvalue weighted by Gasteiger charge is -2.32. The largest absolute Gasteiger partial charge is 0.470 e. The molecule has 1 aliphatic rings. The number of nitrogens with zero attached hydrogens (tertiary/aromatic N) is 4. The SMILES string of the molecule is COCC(=O)N1CCCC(Oc2nccnc2N(C)C)C1. The first kappa shape index (κ1) is 15.5. The zero-order valence-electron chi connectivity index (χ0n) is 12.8. The number of carbonyl (C=O) groups excluding carboxylic acids is 1. The van der Waals surface area contributed by atoms with Crippen molar-refractivity contribution in [3.63, 3.8) is 0 Å². The maximum atomic E-state index is 11.9. The van der Waals surface area contributed by atoms with Crippen molar-refractivity contribution in [2.24, 2.45) is 0 Å². The third-order valence-corrected chi connectivity index (χ3v) is 3.35. The standard InChI is InChI=1S/C14H22N4O3/c1-17(2)13-14(16-7-6-15-13)21-11-5-4-8-18(9-11)12(19)10-20-3/h6-7,11H,4-5,8-10H2,1-3H3. The van der Waals surface area contributed by atoms with Gasteiger partial charge in [0, 0.05) is 40.1 Å². The second-order valence-corrected chi connectivity index (χ2v) is 5.23. The molecule has 1 atom stereocenters. The Bertz CT molecular complexity index is 481. The summed E-state index contributed by atoms with van der Waals surface area (Å²) in [6.45, 7) is 1.43. The maximum absolute atomic E-state index is 11.9. The van der Waals surface area contributed by atoms with E-state index in [0.29, 0.717) is 18.2 Å². The van der Waals surface area contributed by atoms with Crippen LogP contribution in [0.15, 0.2) is 12.4 Å². The molecule has 0 radical (unpaired) electrons. The molecule has 21 heavy (non-hydrogen) atoms. The highest BCUT2D eigenvalue weighted by atomic mass is 16.5. The van der Waals surface area contributed by atoms with E-state index in [1.807, 2.05) is 19.0 Å². The minimum Gasteiger partial charge on any atom is -0.470 e. The van der Waals surface area contributed by atoms with Crippen LogP contribution < -0.4 is 9.64 Å². The van der Waals surface area contributed by atoms with E-state index in [-0.39, 0.29) is 18.6 Å². The predicted octanol–water partition coefficient (Wildman–Crippen LogP) is 0.559. The Hall–Kier alpha value is -1.89.